The molecular weight excluding hydrogens is 353 g/mol. The lowest BCUT2D eigenvalue weighted by molar-refractivity contribution is 0.304. The zero-order valence-electron chi connectivity index (χ0n) is 12.2. The van der Waals surface area contributed by atoms with Crippen LogP contribution in [0.25, 0.3) is 10.8 Å². The van der Waals surface area contributed by atoms with Gasteiger partial charge in [-0.15, -0.1) is 0 Å². The maximum absolute atomic E-state index is 6.21. The molecule has 3 rings (SSSR count). The van der Waals surface area contributed by atoms with Crippen LogP contribution >= 0.6 is 34.8 Å². The van der Waals surface area contributed by atoms with Gasteiger partial charge >= 0.3 is 0 Å². The number of hydrogen-bond acceptors (Lipinski definition) is 2. The molecule has 2 nitrogen and oxygen atoms in total. The largest absolute Gasteiger partial charge is 0.488 e. The van der Waals surface area contributed by atoms with Crippen LogP contribution in [0.15, 0.2) is 48.5 Å². The molecule has 5 heteroatoms. The van der Waals surface area contributed by atoms with Crippen LogP contribution in [-0.2, 0) is 13.2 Å². The van der Waals surface area contributed by atoms with Gasteiger partial charge in [0.1, 0.15) is 12.4 Å². The van der Waals surface area contributed by atoms with Crippen molar-refractivity contribution in [1.29, 1.82) is 0 Å². The summed E-state index contributed by atoms with van der Waals surface area (Å²) in [6.45, 7) is 0.608. The minimum Gasteiger partial charge on any atom is -0.488 e. The Morgan fingerprint density at radius 2 is 1.57 bits per heavy atom. The predicted octanol–water partition coefficient (Wildman–Crippen LogP) is 5.84. The van der Waals surface area contributed by atoms with Gasteiger partial charge in [-0.25, -0.2) is 0 Å². The third-order valence-electron chi connectivity index (χ3n) is 3.71. The molecule has 3 aromatic rings. The van der Waals surface area contributed by atoms with Gasteiger partial charge in [0.2, 0.25) is 0 Å². The van der Waals surface area contributed by atoms with Crippen LogP contribution < -0.4 is 10.5 Å². The molecule has 0 aromatic heterocycles. The smallest absolute Gasteiger partial charge is 0.124 e. The topological polar surface area (TPSA) is 35.2 Å². The van der Waals surface area contributed by atoms with E-state index in [0.717, 1.165) is 22.1 Å². The summed E-state index contributed by atoms with van der Waals surface area (Å²) in [5.74, 6) is 0.721. The van der Waals surface area contributed by atoms with Crippen LogP contribution in [0, 0.1) is 0 Å². The van der Waals surface area contributed by atoms with Gasteiger partial charge in [-0.05, 0) is 29.0 Å². The third kappa shape index (κ3) is 3.26. The molecule has 0 aliphatic carbocycles. The number of rotatable bonds is 4. The minimum absolute atomic E-state index is 0.226. The van der Waals surface area contributed by atoms with Crippen molar-refractivity contribution < 1.29 is 4.74 Å². The normalized spacial score (nSPS) is 11.0. The highest BCUT2D eigenvalue weighted by Gasteiger charge is 2.12. The van der Waals surface area contributed by atoms with Crippen molar-refractivity contribution in [3.05, 3.63) is 74.7 Å². The van der Waals surface area contributed by atoms with Crippen LogP contribution in [0.4, 0.5) is 0 Å². The zero-order valence-corrected chi connectivity index (χ0v) is 14.4. The van der Waals surface area contributed by atoms with E-state index in [-0.39, 0.29) is 6.61 Å². The van der Waals surface area contributed by atoms with Gasteiger partial charge < -0.3 is 10.5 Å². The summed E-state index contributed by atoms with van der Waals surface area (Å²) < 4.78 is 5.93. The van der Waals surface area contributed by atoms with E-state index in [2.05, 4.69) is 0 Å². The highest BCUT2D eigenvalue weighted by molar-refractivity contribution is 6.44. The molecule has 3 aromatic carbocycles. The first-order chi connectivity index (χ1) is 11.1. The average Bonchev–Trinajstić information content (AvgIpc) is 2.58. The number of nitrogens with two attached hydrogens (primary N) is 1. The molecule has 0 radical (unpaired) electrons. The predicted molar refractivity (Wildman–Crippen MR) is 97.6 cm³/mol. The highest BCUT2D eigenvalue weighted by atomic mass is 35.5. The van der Waals surface area contributed by atoms with E-state index in [1.165, 1.54) is 0 Å². The second-order valence-corrected chi connectivity index (χ2v) is 6.27. The Kier molecular flexibility index (Phi) is 4.98. The molecule has 0 saturated heterocycles. The summed E-state index contributed by atoms with van der Waals surface area (Å²) in [6.07, 6.45) is 0. The molecule has 0 aliphatic rings. The maximum atomic E-state index is 6.21. The molecule has 0 heterocycles. The van der Waals surface area contributed by atoms with E-state index in [1.54, 1.807) is 12.1 Å². The second kappa shape index (κ2) is 6.98. The fraction of sp³-hybridized carbons (Fsp3) is 0.111. The van der Waals surface area contributed by atoms with Gasteiger partial charge in [0.15, 0.2) is 0 Å². The molecule has 0 atom stereocenters. The number of ether oxygens (including phenoxy) is 1. The van der Waals surface area contributed by atoms with Crippen molar-refractivity contribution in [3.63, 3.8) is 0 Å². The summed E-state index contributed by atoms with van der Waals surface area (Å²) in [6, 6.07) is 15.3. The quantitative estimate of drug-likeness (QED) is 0.589. The second-order valence-electron chi connectivity index (χ2n) is 5.08. The number of hydrogen-bond donors (Lipinski definition) is 1. The van der Waals surface area contributed by atoms with Gasteiger partial charge in [0.05, 0.1) is 10.0 Å². The van der Waals surface area contributed by atoms with Gasteiger partial charge in [-0.3, -0.25) is 0 Å². The third-order valence-corrected chi connectivity index (χ3v) is 4.91. The Morgan fingerprint density at radius 1 is 0.826 bits per heavy atom. The lowest BCUT2D eigenvalue weighted by Crippen LogP contribution is -2.04. The Hall–Kier alpha value is -1.45. The van der Waals surface area contributed by atoms with Crippen molar-refractivity contribution in [2.24, 2.45) is 5.73 Å². The van der Waals surface area contributed by atoms with Gasteiger partial charge in [0.25, 0.3) is 0 Å². The fourth-order valence-electron chi connectivity index (χ4n) is 2.51. The summed E-state index contributed by atoms with van der Waals surface area (Å²) >= 11 is 18.4. The molecule has 0 spiro atoms. The summed E-state index contributed by atoms with van der Waals surface area (Å²) in [7, 11) is 0. The first kappa shape index (κ1) is 16.4. The number of fused-ring (bicyclic) bond motifs is 1. The van der Waals surface area contributed by atoms with Gasteiger partial charge in [0, 0.05) is 22.7 Å². The van der Waals surface area contributed by atoms with E-state index in [0.29, 0.717) is 27.2 Å². The maximum Gasteiger partial charge on any atom is 0.124 e. The monoisotopic (exact) mass is 365 g/mol. The minimum atomic E-state index is 0.226. The van der Waals surface area contributed by atoms with E-state index < -0.39 is 0 Å². The van der Waals surface area contributed by atoms with E-state index in [1.807, 2.05) is 36.4 Å². The van der Waals surface area contributed by atoms with Crippen molar-refractivity contribution in [3.8, 4) is 5.75 Å². The molecule has 0 aliphatic heterocycles. The van der Waals surface area contributed by atoms with E-state index in [4.69, 9.17) is 45.3 Å². The molecule has 0 unspecified atom stereocenters. The standard InChI is InChI=1S/C18H14Cl3NO/c19-15-6-7-16(20)18(21)14(15)10-23-17-8-5-11-3-1-2-4-12(11)13(17)9-22/h1-8H,9-10,22H2. The molecule has 23 heavy (non-hydrogen) atoms. The van der Waals surface area contributed by atoms with Gasteiger partial charge in [-0.2, -0.15) is 0 Å². The zero-order chi connectivity index (χ0) is 16.4. The first-order valence-electron chi connectivity index (χ1n) is 7.07. The molecular formula is C18H14Cl3NO. The Balaban J connectivity index is 1.95. The van der Waals surface area contributed by atoms with Crippen LogP contribution in [0.1, 0.15) is 11.1 Å². The Labute approximate surface area is 149 Å². The van der Waals surface area contributed by atoms with Gasteiger partial charge in [-0.1, -0.05) is 65.1 Å². The Bertz CT molecular complexity index is 864. The summed E-state index contributed by atoms with van der Waals surface area (Å²) in [5, 5.41) is 3.59. The van der Waals surface area contributed by atoms with Crippen molar-refractivity contribution in [1.82, 2.24) is 0 Å². The molecule has 118 valence electrons. The summed E-state index contributed by atoms with van der Waals surface area (Å²) in [4.78, 5) is 0. The fourth-order valence-corrected chi connectivity index (χ4v) is 3.17. The molecule has 0 bridgehead atoms. The van der Waals surface area contributed by atoms with Crippen LogP contribution in [0.5, 0.6) is 5.75 Å². The van der Waals surface area contributed by atoms with Crippen molar-refractivity contribution in [2.45, 2.75) is 13.2 Å². The lowest BCUT2D eigenvalue weighted by Gasteiger charge is -2.15. The lowest BCUT2D eigenvalue weighted by atomic mass is 10.0. The summed E-state index contributed by atoms with van der Waals surface area (Å²) in [5.41, 5.74) is 7.54. The first-order valence-corrected chi connectivity index (χ1v) is 8.21. The van der Waals surface area contributed by atoms with E-state index >= 15 is 0 Å². The van der Waals surface area contributed by atoms with Crippen LogP contribution in [0.2, 0.25) is 15.1 Å². The number of halogens is 3. The van der Waals surface area contributed by atoms with Crippen molar-refractivity contribution >= 4 is 45.6 Å². The SMILES string of the molecule is NCc1c(OCc2c(Cl)ccc(Cl)c2Cl)ccc2ccccc12. The highest BCUT2D eigenvalue weighted by Crippen LogP contribution is 2.33. The molecule has 2 N–H and O–H groups in total. The molecule has 0 amide bonds. The van der Waals surface area contributed by atoms with Crippen LogP contribution in [0.3, 0.4) is 0 Å². The average molecular weight is 367 g/mol. The van der Waals surface area contributed by atoms with Crippen LogP contribution in [-0.4, -0.2) is 0 Å². The van der Waals surface area contributed by atoms with E-state index in [9.17, 15) is 0 Å². The molecule has 0 saturated carbocycles. The van der Waals surface area contributed by atoms with Crippen molar-refractivity contribution in [2.75, 3.05) is 0 Å². The molecule has 0 fully saturated rings. The number of benzene rings is 3. The Morgan fingerprint density at radius 3 is 2.35 bits per heavy atom.